The van der Waals surface area contributed by atoms with E-state index in [1.54, 1.807) is 0 Å². The SMILES string of the molecule is CC(C)(CO)NCO.CCNC(C)(C)CO.CO. The van der Waals surface area contributed by atoms with Crippen LogP contribution < -0.4 is 10.6 Å². The zero-order chi connectivity index (χ0) is 15.2. The first kappa shape index (κ1) is 22.9. The molecule has 0 spiro atoms. The molecule has 0 saturated heterocycles. The quantitative estimate of drug-likeness (QED) is 0.355. The summed E-state index contributed by atoms with van der Waals surface area (Å²) < 4.78 is 0. The Kier molecular flexibility index (Phi) is 16.8. The Morgan fingerprint density at radius 3 is 1.22 bits per heavy atom. The molecule has 0 unspecified atom stereocenters. The Bertz CT molecular complexity index is 146. The number of hydrogen-bond donors (Lipinski definition) is 6. The lowest BCUT2D eigenvalue weighted by molar-refractivity contribution is 0.143. The molecule has 0 aliphatic carbocycles. The minimum Gasteiger partial charge on any atom is -0.400 e. The molecule has 0 aliphatic heterocycles. The molecule has 0 aromatic carbocycles. The smallest absolute Gasteiger partial charge is 0.0936 e. The summed E-state index contributed by atoms with van der Waals surface area (Å²) in [6.45, 7) is 10.6. The third-order valence-corrected chi connectivity index (χ3v) is 2.00. The zero-order valence-corrected chi connectivity index (χ0v) is 12.6. The molecule has 6 nitrogen and oxygen atoms in total. The van der Waals surface area contributed by atoms with E-state index in [2.05, 4.69) is 10.6 Å². The Hall–Kier alpha value is -0.240. The number of rotatable bonds is 6. The van der Waals surface area contributed by atoms with Crippen molar-refractivity contribution in [2.24, 2.45) is 0 Å². The van der Waals surface area contributed by atoms with Gasteiger partial charge in [-0.3, -0.25) is 5.32 Å². The molecule has 0 amide bonds. The minimum atomic E-state index is -0.352. The first-order valence-electron chi connectivity index (χ1n) is 6.02. The second-order valence-corrected chi connectivity index (χ2v) is 4.95. The summed E-state index contributed by atoms with van der Waals surface area (Å²) in [5, 5.41) is 38.3. The molecular weight excluding hydrogens is 236 g/mol. The van der Waals surface area contributed by atoms with Gasteiger partial charge in [0.1, 0.15) is 0 Å². The van der Waals surface area contributed by atoms with Crippen molar-refractivity contribution in [3.05, 3.63) is 0 Å². The summed E-state index contributed by atoms with van der Waals surface area (Å²) in [6.07, 6.45) is 0. The number of aliphatic hydroxyl groups excluding tert-OH is 4. The molecule has 0 aliphatic rings. The Morgan fingerprint density at radius 2 is 1.11 bits per heavy atom. The fourth-order valence-corrected chi connectivity index (χ4v) is 0.804. The number of hydrogen-bond acceptors (Lipinski definition) is 6. The second kappa shape index (κ2) is 13.2. The van der Waals surface area contributed by atoms with Gasteiger partial charge in [-0.25, -0.2) is 0 Å². The molecule has 0 radical (unpaired) electrons. The zero-order valence-electron chi connectivity index (χ0n) is 12.6. The van der Waals surface area contributed by atoms with Crippen LogP contribution in [0.25, 0.3) is 0 Å². The predicted molar refractivity (Wildman–Crippen MR) is 74.4 cm³/mol. The molecule has 6 heteroatoms. The van der Waals surface area contributed by atoms with E-state index in [1.807, 2.05) is 34.6 Å². The lowest BCUT2D eigenvalue weighted by Gasteiger charge is -2.21. The van der Waals surface area contributed by atoms with E-state index in [-0.39, 0.29) is 31.0 Å². The van der Waals surface area contributed by atoms with Gasteiger partial charge >= 0.3 is 0 Å². The van der Waals surface area contributed by atoms with E-state index < -0.39 is 0 Å². The van der Waals surface area contributed by atoms with E-state index in [0.717, 1.165) is 13.7 Å². The molecule has 0 atom stereocenters. The highest BCUT2D eigenvalue weighted by Gasteiger charge is 2.13. The van der Waals surface area contributed by atoms with Gasteiger partial charge in [0, 0.05) is 18.2 Å². The van der Waals surface area contributed by atoms with Gasteiger partial charge in [0.2, 0.25) is 0 Å². The maximum atomic E-state index is 8.66. The Balaban J connectivity index is -0.000000219. The van der Waals surface area contributed by atoms with Crippen molar-refractivity contribution in [1.29, 1.82) is 0 Å². The molecule has 6 N–H and O–H groups in total. The van der Waals surface area contributed by atoms with Crippen molar-refractivity contribution in [2.45, 2.75) is 45.7 Å². The molecular formula is C12H32N2O4. The van der Waals surface area contributed by atoms with Gasteiger partial charge in [0.05, 0.1) is 19.9 Å². The van der Waals surface area contributed by atoms with Crippen LogP contribution in [0.3, 0.4) is 0 Å². The van der Waals surface area contributed by atoms with Crippen LogP contribution in [0.1, 0.15) is 34.6 Å². The highest BCUT2D eigenvalue weighted by molar-refractivity contribution is 4.74. The van der Waals surface area contributed by atoms with E-state index in [9.17, 15) is 0 Å². The van der Waals surface area contributed by atoms with E-state index >= 15 is 0 Å². The third-order valence-electron chi connectivity index (χ3n) is 2.00. The van der Waals surface area contributed by atoms with Gasteiger partial charge in [-0.2, -0.15) is 0 Å². The maximum Gasteiger partial charge on any atom is 0.0936 e. The molecule has 18 heavy (non-hydrogen) atoms. The standard InChI is InChI=1S/C6H15NO.C5H13NO2.CH4O/c1-4-7-6(2,3)5-8;1-5(2,3-7)6-4-8;1-2/h7-8H,4-5H2,1-3H3;6-8H,3-4H2,1-2H3;2H,1H3. The largest absolute Gasteiger partial charge is 0.400 e. The third kappa shape index (κ3) is 18.1. The van der Waals surface area contributed by atoms with Crippen molar-refractivity contribution in [2.75, 3.05) is 33.6 Å². The molecule has 0 rings (SSSR count). The number of nitrogens with one attached hydrogen (secondary N) is 2. The van der Waals surface area contributed by atoms with Crippen LogP contribution in [-0.4, -0.2) is 65.1 Å². The van der Waals surface area contributed by atoms with Crippen LogP contribution in [0.5, 0.6) is 0 Å². The fourth-order valence-electron chi connectivity index (χ4n) is 0.804. The maximum absolute atomic E-state index is 8.66. The first-order chi connectivity index (χ1) is 8.24. The molecule has 0 aromatic rings. The topological polar surface area (TPSA) is 105 Å². The fraction of sp³-hybridized carbons (Fsp3) is 1.00. The summed E-state index contributed by atoms with van der Waals surface area (Å²) in [5.74, 6) is 0. The highest BCUT2D eigenvalue weighted by Crippen LogP contribution is 1.97. The van der Waals surface area contributed by atoms with Crippen LogP contribution in [-0.2, 0) is 0 Å². The van der Waals surface area contributed by atoms with Crippen LogP contribution in [0, 0.1) is 0 Å². The van der Waals surface area contributed by atoms with E-state index in [1.165, 1.54) is 0 Å². The monoisotopic (exact) mass is 268 g/mol. The van der Waals surface area contributed by atoms with Gasteiger partial charge < -0.3 is 25.7 Å². The van der Waals surface area contributed by atoms with Crippen molar-refractivity contribution in [1.82, 2.24) is 10.6 Å². The molecule has 0 bridgehead atoms. The lowest BCUT2D eigenvalue weighted by atomic mass is 10.1. The summed E-state index contributed by atoms with van der Waals surface area (Å²) >= 11 is 0. The van der Waals surface area contributed by atoms with E-state index in [0.29, 0.717) is 0 Å². The van der Waals surface area contributed by atoms with Gasteiger partial charge in [0.25, 0.3) is 0 Å². The van der Waals surface area contributed by atoms with Gasteiger partial charge in [-0.1, -0.05) is 6.92 Å². The number of likely N-dealkylation sites (N-methyl/N-ethyl adjacent to an activating group) is 1. The van der Waals surface area contributed by atoms with Crippen LogP contribution >= 0.6 is 0 Å². The summed E-state index contributed by atoms with van der Waals surface area (Å²) in [5.41, 5.74) is -0.455. The van der Waals surface area contributed by atoms with Gasteiger partial charge in [-0.05, 0) is 34.2 Å². The lowest BCUT2D eigenvalue weighted by Crippen LogP contribution is -2.42. The summed E-state index contributed by atoms with van der Waals surface area (Å²) in [7, 11) is 1.00. The van der Waals surface area contributed by atoms with Gasteiger partial charge in [0.15, 0.2) is 0 Å². The second-order valence-electron chi connectivity index (χ2n) is 4.95. The van der Waals surface area contributed by atoms with Crippen molar-refractivity contribution < 1.29 is 20.4 Å². The normalized spacial score (nSPS) is 11.0. The van der Waals surface area contributed by atoms with E-state index in [4.69, 9.17) is 20.4 Å². The van der Waals surface area contributed by atoms with Crippen LogP contribution in [0.2, 0.25) is 0 Å². The molecule has 0 fully saturated rings. The first-order valence-corrected chi connectivity index (χ1v) is 6.02. The average Bonchev–Trinajstić information content (AvgIpc) is 2.32. The number of aliphatic hydroxyl groups is 4. The molecule has 0 heterocycles. The summed E-state index contributed by atoms with van der Waals surface area (Å²) in [4.78, 5) is 0. The Morgan fingerprint density at radius 1 is 0.778 bits per heavy atom. The van der Waals surface area contributed by atoms with Crippen molar-refractivity contribution in [3.63, 3.8) is 0 Å². The predicted octanol–water partition coefficient (Wildman–Crippen LogP) is -0.728. The van der Waals surface area contributed by atoms with Crippen molar-refractivity contribution in [3.8, 4) is 0 Å². The van der Waals surface area contributed by atoms with Crippen LogP contribution in [0.4, 0.5) is 0 Å². The minimum absolute atomic E-state index is 0.0353. The average molecular weight is 268 g/mol. The molecule has 0 aromatic heterocycles. The Labute approximate surface area is 111 Å². The van der Waals surface area contributed by atoms with Crippen LogP contribution in [0.15, 0.2) is 0 Å². The molecule has 114 valence electrons. The highest BCUT2D eigenvalue weighted by atomic mass is 16.3. The van der Waals surface area contributed by atoms with Gasteiger partial charge in [-0.15, -0.1) is 0 Å². The summed E-state index contributed by atoms with van der Waals surface area (Å²) in [6, 6.07) is 0. The van der Waals surface area contributed by atoms with Crippen molar-refractivity contribution >= 4 is 0 Å². The molecule has 0 saturated carbocycles.